The van der Waals surface area contributed by atoms with Gasteiger partial charge < -0.3 is 10.2 Å². The van der Waals surface area contributed by atoms with Crippen LogP contribution in [-0.4, -0.2) is 24.0 Å². The molecule has 0 radical (unpaired) electrons. The van der Waals surface area contributed by atoms with Gasteiger partial charge in [0.2, 0.25) is 5.91 Å². The number of anilines is 2. The van der Waals surface area contributed by atoms with Crippen molar-refractivity contribution in [2.75, 3.05) is 23.3 Å². The van der Waals surface area contributed by atoms with Gasteiger partial charge in [0, 0.05) is 41.3 Å². The molecule has 0 atom stereocenters. The third-order valence-corrected chi connectivity index (χ3v) is 5.66. The molecule has 29 heavy (non-hydrogen) atoms. The molecule has 5 nitrogen and oxygen atoms in total. The SMILES string of the molecule is Cc1ccc(NC(=O)C2CCN(c3c(C#N)cnc4ccc(Cl)cc34)CC2)cc1. The molecule has 2 aromatic carbocycles. The lowest BCUT2D eigenvalue weighted by Crippen LogP contribution is -2.38. The van der Waals surface area contributed by atoms with Gasteiger partial charge in [0.1, 0.15) is 6.07 Å². The minimum Gasteiger partial charge on any atom is -0.370 e. The van der Waals surface area contributed by atoms with Gasteiger partial charge in [-0.25, -0.2) is 0 Å². The molecule has 0 spiro atoms. The lowest BCUT2D eigenvalue weighted by atomic mass is 9.94. The summed E-state index contributed by atoms with van der Waals surface area (Å²) in [6.45, 7) is 3.42. The van der Waals surface area contributed by atoms with E-state index in [9.17, 15) is 10.1 Å². The first-order valence-corrected chi connectivity index (χ1v) is 10.0. The third kappa shape index (κ3) is 4.03. The second-order valence-electron chi connectivity index (χ2n) is 7.41. The van der Waals surface area contributed by atoms with Gasteiger partial charge >= 0.3 is 0 Å². The van der Waals surface area contributed by atoms with Gasteiger partial charge in [-0.3, -0.25) is 9.78 Å². The van der Waals surface area contributed by atoms with Crippen LogP contribution in [0.25, 0.3) is 10.9 Å². The van der Waals surface area contributed by atoms with Crippen LogP contribution in [0.5, 0.6) is 0 Å². The zero-order valence-electron chi connectivity index (χ0n) is 16.2. The maximum atomic E-state index is 12.7. The zero-order valence-corrected chi connectivity index (χ0v) is 16.9. The molecular formula is C23H21ClN4O. The van der Waals surface area contributed by atoms with E-state index in [4.69, 9.17) is 11.6 Å². The molecule has 0 unspecified atom stereocenters. The number of carbonyl (C=O) groups excluding carboxylic acids is 1. The smallest absolute Gasteiger partial charge is 0.227 e. The summed E-state index contributed by atoms with van der Waals surface area (Å²) in [6, 6.07) is 15.6. The molecule has 0 bridgehead atoms. The Morgan fingerprint density at radius 1 is 1.21 bits per heavy atom. The van der Waals surface area contributed by atoms with E-state index in [0.717, 1.165) is 40.7 Å². The van der Waals surface area contributed by atoms with Crippen LogP contribution in [0.4, 0.5) is 11.4 Å². The first-order chi connectivity index (χ1) is 14.0. The van der Waals surface area contributed by atoms with Crippen molar-refractivity contribution in [1.82, 2.24) is 4.98 Å². The number of pyridine rings is 1. The molecular weight excluding hydrogens is 384 g/mol. The highest BCUT2D eigenvalue weighted by Gasteiger charge is 2.27. The Balaban J connectivity index is 1.51. The summed E-state index contributed by atoms with van der Waals surface area (Å²) in [4.78, 5) is 19.2. The summed E-state index contributed by atoms with van der Waals surface area (Å²) >= 11 is 6.19. The van der Waals surface area contributed by atoms with E-state index in [1.54, 1.807) is 12.3 Å². The molecule has 6 heteroatoms. The molecule has 1 amide bonds. The van der Waals surface area contributed by atoms with Crippen molar-refractivity contribution >= 4 is 39.8 Å². The van der Waals surface area contributed by atoms with Gasteiger partial charge in [-0.1, -0.05) is 29.3 Å². The Morgan fingerprint density at radius 3 is 2.62 bits per heavy atom. The van der Waals surface area contributed by atoms with E-state index in [2.05, 4.69) is 21.3 Å². The number of carbonyl (C=O) groups is 1. The molecule has 1 aliphatic rings. The fourth-order valence-electron chi connectivity index (χ4n) is 3.82. The summed E-state index contributed by atoms with van der Waals surface area (Å²) in [5.74, 6) is 0.00594. The Bertz CT molecular complexity index is 1100. The number of hydrogen-bond donors (Lipinski definition) is 1. The van der Waals surface area contributed by atoms with Gasteiger partial charge in [-0.2, -0.15) is 5.26 Å². The van der Waals surface area contributed by atoms with Crippen LogP contribution < -0.4 is 10.2 Å². The van der Waals surface area contributed by atoms with Gasteiger partial charge in [-0.15, -0.1) is 0 Å². The van der Waals surface area contributed by atoms with E-state index in [0.29, 0.717) is 23.7 Å². The van der Waals surface area contributed by atoms with Crippen molar-refractivity contribution in [2.24, 2.45) is 5.92 Å². The van der Waals surface area contributed by atoms with Crippen LogP contribution in [0.2, 0.25) is 5.02 Å². The van der Waals surface area contributed by atoms with Gasteiger partial charge in [0.05, 0.1) is 16.8 Å². The third-order valence-electron chi connectivity index (χ3n) is 5.42. The van der Waals surface area contributed by atoms with Crippen LogP contribution in [0, 0.1) is 24.2 Å². The Kier molecular flexibility index (Phi) is 5.37. The largest absolute Gasteiger partial charge is 0.370 e. The fraction of sp³-hybridized carbons (Fsp3) is 0.261. The summed E-state index contributed by atoms with van der Waals surface area (Å²) < 4.78 is 0. The normalized spacial score (nSPS) is 14.6. The van der Waals surface area contributed by atoms with Crippen molar-refractivity contribution in [3.05, 3.63) is 64.8 Å². The monoisotopic (exact) mass is 404 g/mol. The molecule has 1 saturated heterocycles. The molecule has 4 rings (SSSR count). The van der Waals surface area contributed by atoms with Crippen LogP contribution in [-0.2, 0) is 4.79 Å². The molecule has 0 saturated carbocycles. The number of rotatable bonds is 3. The number of nitriles is 1. The average molecular weight is 405 g/mol. The molecule has 2 heterocycles. The van der Waals surface area contributed by atoms with Crippen LogP contribution in [0.1, 0.15) is 24.0 Å². The minimum atomic E-state index is -0.0465. The molecule has 1 N–H and O–H groups in total. The first kappa shape index (κ1) is 19.2. The molecule has 0 aliphatic carbocycles. The van der Waals surface area contributed by atoms with Crippen molar-refractivity contribution in [1.29, 1.82) is 5.26 Å². The topological polar surface area (TPSA) is 69.0 Å². The van der Waals surface area contributed by atoms with E-state index in [-0.39, 0.29) is 11.8 Å². The Morgan fingerprint density at radius 2 is 1.93 bits per heavy atom. The average Bonchev–Trinajstić information content (AvgIpc) is 2.74. The number of nitrogens with one attached hydrogen (secondary N) is 1. The van der Waals surface area contributed by atoms with E-state index in [1.807, 2.05) is 43.3 Å². The molecule has 1 aliphatic heterocycles. The van der Waals surface area contributed by atoms with Crippen molar-refractivity contribution in [2.45, 2.75) is 19.8 Å². The van der Waals surface area contributed by atoms with Crippen LogP contribution in [0.3, 0.4) is 0 Å². The lowest BCUT2D eigenvalue weighted by Gasteiger charge is -2.34. The maximum absolute atomic E-state index is 12.7. The highest BCUT2D eigenvalue weighted by atomic mass is 35.5. The number of amides is 1. The van der Waals surface area contributed by atoms with Crippen molar-refractivity contribution in [3.8, 4) is 6.07 Å². The van der Waals surface area contributed by atoms with Gasteiger partial charge in [-0.05, 0) is 50.1 Å². The number of halogens is 1. The standard InChI is InChI=1S/C23H21ClN4O/c1-15-2-5-19(6-3-15)27-23(29)16-8-10-28(11-9-16)22-17(13-25)14-26-21-7-4-18(24)12-20(21)22/h2-7,12,14,16H,8-11H2,1H3,(H,27,29). The predicted molar refractivity (Wildman–Crippen MR) is 116 cm³/mol. The zero-order chi connectivity index (χ0) is 20.4. The van der Waals surface area contributed by atoms with Crippen LogP contribution >= 0.6 is 11.6 Å². The molecule has 1 aromatic heterocycles. The first-order valence-electron chi connectivity index (χ1n) is 9.66. The van der Waals surface area contributed by atoms with Crippen molar-refractivity contribution < 1.29 is 4.79 Å². The number of benzene rings is 2. The number of aryl methyl sites for hydroxylation is 1. The molecule has 3 aromatic rings. The quantitative estimate of drug-likeness (QED) is 0.672. The highest BCUT2D eigenvalue weighted by Crippen LogP contribution is 2.34. The Hall–Kier alpha value is -3.10. The van der Waals surface area contributed by atoms with Crippen LogP contribution in [0.15, 0.2) is 48.7 Å². The summed E-state index contributed by atoms with van der Waals surface area (Å²) in [7, 11) is 0. The van der Waals surface area contributed by atoms with E-state index >= 15 is 0 Å². The number of fused-ring (bicyclic) bond motifs is 1. The summed E-state index contributed by atoms with van der Waals surface area (Å²) in [6.07, 6.45) is 3.07. The van der Waals surface area contributed by atoms with Gasteiger partial charge in [0.15, 0.2) is 0 Å². The highest BCUT2D eigenvalue weighted by molar-refractivity contribution is 6.31. The lowest BCUT2D eigenvalue weighted by molar-refractivity contribution is -0.120. The summed E-state index contributed by atoms with van der Waals surface area (Å²) in [5, 5.41) is 14.1. The summed E-state index contributed by atoms with van der Waals surface area (Å²) in [5.41, 5.74) is 4.18. The minimum absolute atomic E-state index is 0.0465. The molecule has 1 fully saturated rings. The number of piperidine rings is 1. The number of hydrogen-bond acceptors (Lipinski definition) is 4. The maximum Gasteiger partial charge on any atom is 0.227 e. The molecule has 146 valence electrons. The second-order valence-corrected chi connectivity index (χ2v) is 7.85. The van der Waals surface area contributed by atoms with E-state index < -0.39 is 0 Å². The predicted octanol–water partition coefficient (Wildman–Crippen LogP) is 4.92. The number of nitrogens with zero attached hydrogens (tertiary/aromatic N) is 3. The number of aromatic nitrogens is 1. The second kappa shape index (κ2) is 8.10. The van der Waals surface area contributed by atoms with E-state index in [1.165, 1.54) is 0 Å². The Labute approximate surface area is 174 Å². The fourth-order valence-corrected chi connectivity index (χ4v) is 3.99. The van der Waals surface area contributed by atoms with Crippen molar-refractivity contribution in [3.63, 3.8) is 0 Å². The van der Waals surface area contributed by atoms with Gasteiger partial charge in [0.25, 0.3) is 0 Å².